The zero-order chi connectivity index (χ0) is 14.8. The molecule has 0 aromatic heterocycles. The summed E-state index contributed by atoms with van der Waals surface area (Å²) in [6, 6.07) is 2.44. The van der Waals surface area contributed by atoms with E-state index in [0.717, 1.165) is 10.4 Å². The van der Waals surface area contributed by atoms with E-state index in [1.807, 2.05) is 0 Å². The molecule has 0 aliphatic heterocycles. The molecule has 0 saturated carbocycles. The lowest BCUT2D eigenvalue weighted by Gasteiger charge is -2.16. The van der Waals surface area contributed by atoms with E-state index in [2.05, 4.69) is 0 Å². The van der Waals surface area contributed by atoms with Gasteiger partial charge >= 0.3 is 0 Å². The SMILES string of the molecule is Cc1cc(S(=O)(=O)N(C)CCO)cc([N+](=O)[O-])c1C. The van der Waals surface area contributed by atoms with Crippen LogP contribution in [0.2, 0.25) is 0 Å². The monoisotopic (exact) mass is 288 g/mol. The Morgan fingerprint density at radius 1 is 1.37 bits per heavy atom. The predicted octanol–water partition coefficient (Wildman–Crippen LogP) is 0.824. The maximum atomic E-state index is 12.2. The van der Waals surface area contributed by atoms with Crippen LogP contribution in [0, 0.1) is 24.0 Å². The number of aliphatic hydroxyl groups is 1. The number of aryl methyl sites for hydroxylation is 1. The summed E-state index contributed by atoms with van der Waals surface area (Å²) in [5, 5.41) is 19.7. The summed E-state index contributed by atoms with van der Waals surface area (Å²) in [6.07, 6.45) is 0. The molecular formula is C11H16N2O5S. The largest absolute Gasteiger partial charge is 0.395 e. The molecule has 0 saturated heterocycles. The minimum Gasteiger partial charge on any atom is -0.395 e. The minimum absolute atomic E-state index is 0.0664. The fraction of sp³-hybridized carbons (Fsp3) is 0.455. The molecule has 7 nitrogen and oxygen atoms in total. The van der Waals surface area contributed by atoms with Crippen molar-refractivity contribution in [2.75, 3.05) is 20.2 Å². The van der Waals surface area contributed by atoms with E-state index in [1.54, 1.807) is 13.8 Å². The minimum atomic E-state index is -3.83. The lowest BCUT2D eigenvalue weighted by molar-refractivity contribution is -0.385. The van der Waals surface area contributed by atoms with Gasteiger partial charge in [-0.1, -0.05) is 0 Å². The Labute approximate surface area is 111 Å². The van der Waals surface area contributed by atoms with Crippen LogP contribution in [-0.2, 0) is 10.0 Å². The van der Waals surface area contributed by atoms with Crippen LogP contribution in [0.25, 0.3) is 0 Å². The van der Waals surface area contributed by atoms with Crippen LogP contribution < -0.4 is 0 Å². The van der Waals surface area contributed by atoms with E-state index in [1.165, 1.54) is 13.1 Å². The van der Waals surface area contributed by atoms with Gasteiger partial charge in [-0.05, 0) is 25.5 Å². The van der Waals surface area contributed by atoms with E-state index in [0.29, 0.717) is 11.1 Å². The van der Waals surface area contributed by atoms with Crippen LogP contribution in [0.3, 0.4) is 0 Å². The summed E-state index contributed by atoms with van der Waals surface area (Å²) in [7, 11) is -2.52. The quantitative estimate of drug-likeness (QED) is 0.638. The first-order valence-corrected chi connectivity index (χ1v) is 6.98. The standard InChI is InChI=1S/C11H16N2O5S/c1-8-6-10(7-11(9(8)2)13(15)16)19(17,18)12(3)4-5-14/h6-7,14H,4-5H2,1-3H3. The molecule has 0 bridgehead atoms. The van der Waals surface area contributed by atoms with Gasteiger partial charge in [0.25, 0.3) is 5.69 Å². The van der Waals surface area contributed by atoms with Crippen molar-refractivity contribution in [2.45, 2.75) is 18.7 Å². The molecule has 0 atom stereocenters. The number of benzene rings is 1. The molecule has 1 aromatic rings. The number of aliphatic hydroxyl groups excluding tert-OH is 1. The third kappa shape index (κ3) is 3.09. The highest BCUT2D eigenvalue weighted by molar-refractivity contribution is 7.89. The summed E-state index contributed by atoms with van der Waals surface area (Å²) in [5.74, 6) is 0. The van der Waals surface area contributed by atoms with Crippen LogP contribution >= 0.6 is 0 Å². The average Bonchev–Trinajstić information content (AvgIpc) is 2.32. The van der Waals surface area contributed by atoms with Crippen LogP contribution in [0.4, 0.5) is 5.69 Å². The molecule has 1 aromatic carbocycles. The van der Waals surface area contributed by atoms with Gasteiger partial charge in [0.15, 0.2) is 0 Å². The van der Waals surface area contributed by atoms with Gasteiger partial charge in [0.1, 0.15) is 0 Å². The Morgan fingerprint density at radius 3 is 2.42 bits per heavy atom. The summed E-state index contributed by atoms with van der Waals surface area (Å²) in [5.41, 5.74) is 0.745. The molecule has 19 heavy (non-hydrogen) atoms. The number of nitrogens with zero attached hydrogens (tertiary/aromatic N) is 2. The van der Waals surface area contributed by atoms with E-state index in [4.69, 9.17) is 5.11 Å². The highest BCUT2D eigenvalue weighted by atomic mass is 32.2. The number of likely N-dealkylation sites (N-methyl/N-ethyl adjacent to an activating group) is 1. The highest BCUT2D eigenvalue weighted by Crippen LogP contribution is 2.27. The molecule has 0 radical (unpaired) electrons. The van der Waals surface area contributed by atoms with Gasteiger partial charge in [-0.3, -0.25) is 10.1 Å². The Balaban J connectivity index is 3.40. The molecular weight excluding hydrogens is 272 g/mol. The van der Waals surface area contributed by atoms with Gasteiger partial charge in [-0.2, -0.15) is 4.31 Å². The maximum Gasteiger partial charge on any atom is 0.273 e. The van der Waals surface area contributed by atoms with E-state index < -0.39 is 14.9 Å². The Hall–Kier alpha value is -1.51. The third-order valence-electron chi connectivity index (χ3n) is 2.93. The number of sulfonamides is 1. The van der Waals surface area contributed by atoms with Crippen molar-refractivity contribution in [1.29, 1.82) is 0 Å². The Kier molecular flexibility index (Phi) is 4.61. The molecule has 0 fully saturated rings. The van der Waals surface area contributed by atoms with Crippen molar-refractivity contribution < 1.29 is 18.4 Å². The molecule has 1 rings (SSSR count). The second-order valence-corrected chi connectivity index (χ2v) is 6.24. The van der Waals surface area contributed by atoms with Gasteiger partial charge in [0.2, 0.25) is 10.0 Å². The number of hydrogen-bond donors (Lipinski definition) is 1. The highest BCUT2D eigenvalue weighted by Gasteiger charge is 2.25. The van der Waals surface area contributed by atoms with Crippen molar-refractivity contribution >= 4 is 15.7 Å². The second kappa shape index (κ2) is 5.64. The van der Waals surface area contributed by atoms with Gasteiger partial charge in [-0.25, -0.2) is 8.42 Å². The van der Waals surface area contributed by atoms with E-state index in [-0.39, 0.29) is 23.7 Å². The first kappa shape index (κ1) is 15.5. The molecule has 0 spiro atoms. The van der Waals surface area contributed by atoms with Crippen LogP contribution in [0.1, 0.15) is 11.1 Å². The van der Waals surface area contributed by atoms with Crippen molar-refractivity contribution in [3.63, 3.8) is 0 Å². The number of rotatable bonds is 5. The number of nitro benzene ring substituents is 1. The predicted molar refractivity (Wildman–Crippen MR) is 69.5 cm³/mol. The van der Waals surface area contributed by atoms with Gasteiger partial charge in [0, 0.05) is 25.2 Å². The maximum absolute atomic E-state index is 12.2. The summed E-state index contributed by atoms with van der Waals surface area (Å²) in [4.78, 5) is 10.2. The van der Waals surface area contributed by atoms with Gasteiger partial charge < -0.3 is 5.11 Å². The first-order chi connectivity index (χ1) is 8.71. The summed E-state index contributed by atoms with van der Waals surface area (Å²) >= 11 is 0. The summed E-state index contributed by atoms with van der Waals surface area (Å²) < 4.78 is 25.3. The van der Waals surface area contributed by atoms with E-state index >= 15 is 0 Å². The van der Waals surface area contributed by atoms with E-state index in [9.17, 15) is 18.5 Å². The van der Waals surface area contributed by atoms with Gasteiger partial charge in [0.05, 0.1) is 16.4 Å². The molecule has 1 N–H and O–H groups in total. The molecule has 106 valence electrons. The molecule has 0 heterocycles. The average molecular weight is 288 g/mol. The zero-order valence-electron chi connectivity index (χ0n) is 11.0. The molecule has 0 aliphatic carbocycles. The molecule has 0 aliphatic rings. The van der Waals surface area contributed by atoms with Crippen molar-refractivity contribution in [1.82, 2.24) is 4.31 Å². The summed E-state index contributed by atoms with van der Waals surface area (Å²) in [6.45, 7) is 2.81. The Morgan fingerprint density at radius 2 is 1.95 bits per heavy atom. The second-order valence-electron chi connectivity index (χ2n) is 4.19. The first-order valence-electron chi connectivity index (χ1n) is 5.54. The van der Waals surface area contributed by atoms with Crippen molar-refractivity contribution in [3.8, 4) is 0 Å². The fourth-order valence-corrected chi connectivity index (χ4v) is 2.86. The van der Waals surface area contributed by atoms with Crippen LogP contribution in [0.5, 0.6) is 0 Å². The Bertz CT molecular complexity index is 597. The van der Waals surface area contributed by atoms with Crippen LogP contribution in [-0.4, -0.2) is 43.0 Å². The van der Waals surface area contributed by atoms with Crippen molar-refractivity contribution in [2.24, 2.45) is 0 Å². The smallest absolute Gasteiger partial charge is 0.273 e. The van der Waals surface area contributed by atoms with Crippen molar-refractivity contribution in [3.05, 3.63) is 33.4 Å². The topological polar surface area (TPSA) is 101 Å². The zero-order valence-corrected chi connectivity index (χ0v) is 11.8. The number of nitro groups is 1. The molecule has 0 unspecified atom stereocenters. The normalized spacial score (nSPS) is 11.8. The molecule has 0 amide bonds. The van der Waals surface area contributed by atoms with Gasteiger partial charge in [-0.15, -0.1) is 0 Å². The fourth-order valence-electron chi connectivity index (χ4n) is 1.59. The molecule has 8 heteroatoms. The lowest BCUT2D eigenvalue weighted by atomic mass is 10.1. The third-order valence-corrected chi connectivity index (χ3v) is 4.77. The number of hydrogen-bond acceptors (Lipinski definition) is 5. The lowest BCUT2D eigenvalue weighted by Crippen LogP contribution is -2.29. The van der Waals surface area contributed by atoms with Crippen LogP contribution in [0.15, 0.2) is 17.0 Å².